The monoisotopic (exact) mass is 616 g/mol. The van der Waals surface area contributed by atoms with Crippen molar-refractivity contribution in [2.45, 2.75) is 80.1 Å². The number of aromatic carboxylic acids is 1. The van der Waals surface area contributed by atoms with Gasteiger partial charge in [-0.15, -0.1) is 22.7 Å². The Morgan fingerprint density at radius 1 is 0.860 bits per heavy atom. The van der Waals surface area contributed by atoms with E-state index in [1.54, 1.807) is 6.07 Å². The zero-order valence-electron chi connectivity index (χ0n) is 25.8. The molecule has 2 atom stereocenters. The van der Waals surface area contributed by atoms with Crippen LogP contribution in [-0.2, 0) is 25.7 Å². The fourth-order valence-corrected chi connectivity index (χ4v) is 7.97. The number of aryl methyl sites for hydroxylation is 2. The SMILES string of the molecule is CC(C)(C)C1CCc2nc3sc(C(=O)NCC#N)cc3cc2C1.CC(C)(C)C1CCc2nc3sc(C(=O)O)cc3cc2C1. The maximum atomic E-state index is 12.0. The van der Waals surface area contributed by atoms with Crippen molar-refractivity contribution in [3.63, 3.8) is 0 Å². The van der Waals surface area contributed by atoms with E-state index >= 15 is 0 Å². The maximum absolute atomic E-state index is 12.0. The predicted octanol–water partition coefficient (Wildman–Crippen LogP) is 7.85. The summed E-state index contributed by atoms with van der Waals surface area (Å²) in [6, 6.07) is 9.91. The van der Waals surface area contributed by atoms with Crippen molar-refractivity contribution in [2.75, 3.05) is 6.54 Å². The van der Waals surface area contributed by atoms with Gasteiger partial charge in [-0.25, -0.2) is 14.8 Å². The second kappa shape index (κ2) is 12.0. The topological polar surface area (TPSA) is 116 Å². The van der Waals surface area contributed by atoms with Crippen LogP contribution in [0.1, 0.15) is 96.2 Å². The summed E-state index contributed by atoms with van der Waals surface area (Å²) in [5, 5.41) is 22.2. The molecule has 2 N–H and O–H groups in total. The Labute approximate surface area is 261 Å². The van der Waals surface area contributed by atoms with Crippen molar-refractivity contribution in [2.24, 2.45) is 22.7 Å². The molecule has 4 aromatic heterocycles. The van der Waals surface area contributed by atoms with E-state index in [-0.39, 0.29) is 12.5 Å². The number of fused-ring (bicyclic) bond motifs is 4. The van der Waals surface area contributed by atoms with Gasteiger partial charge in [-0.1, -0.05) is 41.5 Å². The van der Waals surface area contributed by atoms with Gasteiger partial charge in [0, 0.05) is 22.2 Å². The van der Waals surface area contributed by atoms with E-state index in [2.05, 4.69) is 59.0 Å². The van der Waals surface area contributed by atoms with Crippen molar-refractivity contribution in [3.05, 3.63) is 56.5 Å². The fraction of sp³-hybridized carbons (Fsp3) is 0.500. The van der Waals surface area contributed by atoms with Gasteiger partial charge in [-0.2, -0.15) is 5.26 Å². The average Bonchev–Trinajstić information content (AvgIpc) is 3.55. The van der Waals surface area contributed by atoms with Gasteiger partial charge in [0.15, 0.2) is 0 Å². The molecule has 9 heteroatoms. The summed E-state index contributed by atoms with van der Waals surface area (Å²) in [5.41, 5.74) is 5.60. The third kappa shape index (κ3) is 6.91. The standard InChI is InChI=1S/C18H21N3OS.C16H19NO2S/c1-18(2,3)13-4-5-14-11(9-13)8-12-10-15(23-17(12)21-14)16(22)20-7-6-19;1-16(2,3)11-4-5-12-9(7-11)6-10-8-13(15(18)19)20-14(10)17-12/h8,10,13H,4-5,7,9H2,1-3H3,(H,20,22);6,8,11H,4-5,7H2,1-3H3,(H,18,19). The van der Waals surface area contributed by atoms with Crippen LogP contribution >= 0.6 is 22.7 Å². The molecule has 0 bridgehead atoms. The van der Waals surface area contributed by atoms with Crippen LogP contribution in [0, 0.1) is 34.0 Å². The molecule has 2 aliphatic rings. The molecule has 2 unspecified atom stereocenters. The highest BCUT2D eigenvalue weighted by atomic mass is 32.1. The van der Waals surface area contributed by atoms with Crippen molar-refractivity contribution in [3.8, 4) is 6.07 Å². The highest BCUT2D eigenvalue weighted by molar-refractivity contribution is 7.20. The molecule has 0 saturated heterocycles. The third-order valence-electron chi connectivity index (χ3n) is 8.96. The first kappa shape index (κ1) is 31.1. The van der Waals surface area contributed by atoms with Crippen molar-refractivity contribution < 1.29 is 14.7 Å². The highest BCUT2D eigenvalue weighted by Gasteiger charge is 2.31. The van der Waals surface area contributed by atoms with Crippen LogP contribution in [0.2, 0.25) is 0 Å². The lowest BCUT2D eigenvalue weighted by atomic mass is 9.71. The lowest BCUT2D eigenvalue weighted by molar-refractivity contribution is 0.0702. The second-order valence-corrected chi connectivity index (χ2v) is 16.0. The Morgan fingerprint density at radius 2 is 1.33 bits per heavy atom. The Kier molecular flexibility index (Phi) is 8.65. The van der Waals surface area contributed by atoms with E-state index < -0.39 is 5.97 Å². The lowest BCUT2D eigenvalue weighted by Crippen LogP contribution is -2.27. The fourth-order valence-electron chi connectivity index (χ4n) is 6.15. The van der Waals surface area contributed by atoms with E-state index in [4.69, 9.17) is 20.3 Å². The minimum Gasteiger partial charge on any atom is -0.477 e. The lowest BCUT2D eigenvalue weighted by Gasteiger charge is -2.34. The molecule has 4 heterocycles. The van der Waals surface area contributed by atoms with Crippen LogP contribution in [-0.4, -0.2) is 33.5 Å². The number of rotatable bonds is 3. The molecule has 2 aliphatic carbocycles. The number of thiophene rings is 2. The number of nitriles is 1. The summed E-state index contributed by atoms with van der Waals surface area (Å²) in [6.07, 6.45) is 6.49. The van der Waals surface area contributed by atoms with Crippen LogP contribution in [0.15, 0.2) is 24.3 Å². The van der Waals surface area contributed by atoms with Crippen molar-refractivity contribution in [1.82, 2.24) is 15.3 Å². The Morgan fingerprint density at radius 3 is 1.77 bits per heavy atom. The van der Waals surface area contributed by atoms with Gasteiger partial charge in [-0.3, -0.25) is 4.79 Å². The normalized spacial score (nSPS) is 18.3. The number of hydrogen-bond donors (Lipinski definition) is 2. The number of carbonyl (C=O) groups excluding carboxylic acids is 1. The Hall–Kier alpha value is -3.35. The first-order chi connectivity index (χ1) is 20.2. The van der Waals surface area contributed by atoms with E-state index in [0.29, 0.717) is 32.4 Å². The zero-order chi connectivity index (χ0) is 31.1. The third-order valence-corrected chi connectivity index (χ3v) is 11.0. The van der Waals surface area contributed by atoms with Crippen LogP contribution in [0.5, 0.6) is 0 Å². The van der Waals surface area contributed by atoms with Gasteiger partial charge in [0.05, 0.1) is 10.9 Å². The number of carboxylic acid groups (broad SMARTS) is 1. The first-order valence-corrected chi connectivity index (χ1v) is 16.6. The van der Waals surface area contributed by atoms with Gasteiger partial charge in [0.25, 0.3) is 5.91 Å². The summed E-state index contributed by atoms with van der Waals surface area (Å²) < 4.78 is 0. The van der Waals surface area contributed by atoms with Gasteiger partial charge in [-0.05, 0) is 96.6 Å². The molecule has 43 heavy (non-hydrogen) atoms. The van der Waals surface area contributed by atoms with Crippen molar-refractivity contribution in [1.29, 1.82) is 5.26 Å². The first-order valence-electron chi connectivity index (χ1n) is 15.0. The molecular weight excluding hydrogens is 577 g/mol. The van der Waals surface area contributed by atoms with Gasteiger partial charge < -0.3 is 10.4 Å². The van der Waals surface area contributed by atoms with Crippen molar-refractivity contribution >= 4 is 55.0 Å². The van der Waals surface area contributed by atoms with Crippen LogP contribution in [0.25, 0.3) is 20.4 Å². The van der Waals surface area contributed by atoms with E-state index in [1.165, 1.54) is 52.3 Å². The van der Waals surface area contributed by atoms with E-state index in [9.17, 15) is 9.59 Å². The highest BCUT2D eigenvalue weighted by Crippen LogP contribution is 2.40. The maximum Gasteiger partial charge on any atom is 0.345 e. The van der Waals surface area contributed by atoms with E-state index in [1.807, 2.05) is 12.1 Å². The largest absolute Gasteiger partial charge is 0.477 e. The van der Waals surface area contributed by atoms with Gasteiger partial charge in [0.1, 0.15) is 21.1 Å². The summed E-state index contributed by atoms with van der Waals surface area (Å²) in [5.74, 6) is 0.289. The molecule has 1 amide bonds. The second-order valence-electron chi connectivity index (χ2n) is 14.0. The number of nitrogens with one attached hydrogen (secondary N) is 1. The van der Waals surface area contributed by atoms with Crippen LogP contribution in [0.4, 0.5) is 0 Å². The molecule has 4 aromatic rings. The molecule has 0 aliphatic heterocycles. The minimum atomic E-state index is -0.862. The minimum absolute atomic E-state index is 0.0320. The Bertz CT molecular complexity index is 1730. The number of hydrogen-bond acceptors (Lipinski definition) is 7. The summed E-state index contributed by atoms with van der Waals surface area (Å²) in [7, 11) is 0. The zero-order valence-corrected chi connectivity index (χ0v) is 27.5. The molecule has 0 aromatic carbocycles. The quantitative estimate of drug-likeness (QED) is 0.227. The molecule has 0 fully saturated rings. The smallest absolute Gasteiger partial charge is 0.345 e. The molecule has 6 rings (SSSR count). The van der Waals surface area contributed by atoms with Crippen LogP contribution in [0.3, 0.4) is 0 Å². The van der Waals surface area contributed by atoms with Gasteiger partial charge in [0.2, 0.25) is 0 Å². The average molecular weight is 617 g/mol. The number of carbonyl (C=O) groups is 2. The van der Waals surface area contributed by atoms with E-state index in [0.717, 1.165) is 51.8 Å². The molecule has 0 radical (unpaired) electrons. The number of amides is 1. The number of nitrogens with zero attached hydrogens (tertiary/aromatic N) is 3. The summed E-state index contributed by atoms with van der Waals surface area (Å²) >= 11 is 2.68. The van der Waals surface area contributed by atoms with Gasteiger partial charge >= 0.3 is 5.97 Å². The molecule has 226 valence electrons. The Balaban J connectivity index is 0.000000173. The summed E-state index contributed by atoms with van der Waals surface area (Å²) in [6.45, 7) is 13.8. The van der Waals surface area contributed by atoms with Crippen LogP contribution < -0.4 is 5.32 Å². The molecule has 7 nitrogen and oxygen atoms in total. The molecule has 0 spiro atoms. The molecule has 0 saturated carbocycles. The predicted molar refractivity (Wildman–Crippen MR) is 174 cm³/mol. The summed E-state index contributed by atoms with van der Waals surface area (Å²) in [4.78, 5) is 35.3. The number of pyridine rings is 2. The molecular formula is C34H40N4O3S2. The number of carboxylic acids is 1. The number of aromatic nitrogens is 2.